The number of rotatable bonds is 5. The van der Waals surface area contributed by atoms with Gasteiger partial charge in [0.2, 0.25) is 0 Å². The SMILES string of the molecule is COc1ccc(CN2C[C@@H]3CCOC[C@]3(CO)C2)c(OC)c1C. The van der Waals surface area contributed by atoms with E-state index in [-0.39, 0.29) is 12.0 Å². The molecule has 1 aromatic carbocycles. The zero-order chi connectivity index (χ0) is 16.4. The Morgan fingerprint density at radius 1 is 1.35 bits per heavy atom. The first-order chi connectivity index (χ1) is 11.1. The third-order valence-electron chi connectivity index (χ3n) is 5.45. The maximum atomic E-state index is 9.90. The van der Waals surface area contributed by atoms with Gasteiger partial charge < -0.3 is 19.3 Å². The fraction of sp³-hybridized carbons (Fsp3) is 0.667. The first-order valence-corrected chi connectivity index (χ1v) is 8.25. The van der Waals surface area contributed by atoms with Gasteiger partial charge in [-0.3, -0.25) is 4.90 Å². The highest BCUT2D eigenvalue weighted by molar-refractivity contribution is 5.49. The molecule has 0 aliphatic carbocycles. The Labute approximate surface area is 138 Å². The monoisotopic (exact) mass is 321 g/mol. The maximum absolute atomic E-state index is 9.90. The molecule has 0 aromatic heterocycles. The van der Waals surface area contributed by atoms with Crippen molar-refractivity contribution < 1.29 is 19.3 Å². The highest BCUT2D eigenvalue weighted by Gasteiger charge is 2.48. The van der Waals surface area contributed by atoms with Crippen molar-refractivity contribution in [1.82, 2.24) is 4.90 Å². The van der Waals surface area contributed by atoms with Crippen LogP contribution in [0.4, 0.5) is 0 Å². The highest BCUT2D eigenvalue weighted by Crippen LogP contribution is 2.42. The Balaban J connectivity index is 1.79. The van der Waals surface area contributed by atoms with E-state index in [9.17, 15) is 5.11 Å². The molecule has 23 heavy (non-hydrogen) atoms. The zero-order valence-corrected chi connectivity index (χ0v) is 14.3. The van der Waals surface area contributed by atoms with Crippen molar-refractivity contribution >= 4 is 0 Å². The van der Waals surface area contributed by atoms with E-state index in [0.717, 1.165) is 49.7 Å². The van der Waals surface area contributed by atoms with Gasteiger partial charge in [-0.15, -0.1) is 0 Å². The molecular weight excluding hydrogens is 294 g/mol. The van der Waals surface area contributed by atoms with E-state index in [2.05, 4.69) is 11.0 Å². The highest BCUT2D eigenvalue weighted by atomic mass is 16.5. The molecule has 2 aliphatic rings. The van der Waals surface area contributed by atoms with Crippen molar-refractivity contribution in [1.29, 1.82) is 0 Å². The minimum absolute atomic E-state index is 0.0903. The van der Waals surface area contributed by atoms with E-state index < -0.39 is 0 Å². The average molecular weight is 321 g/mol. The van der Waals surface area contributed by atoms with Gasteiger partial charge in [0.1, 0.15) is 11.5 Å². The van der Waals surface area contributed by atoms with Crippen molar-refractivity contribution in [2.45, 2.75) is 19.9 Å². The summed E-state index contributed by atoms with van der Waals surface area (Å²) in [7, 11) is 3.38. The molecule has 2 fully saturated rings. The lowest BCUT2D eigenvalue weighted by Gasteiger charge is -2.36. The number of nitrogens with zero attached hydrogens (tertiary/aromatic N) is 1. The van der Waals surface area contributed by atoms with E-state index in [1.807, 2.05) is 13.0 Å². The summed E-state index contributed by atoms with van der Waals surface area (Å²) >= 11 is 0. The minimum atomic E-state index is -0.0903. The molecule has 3 rings (SSSR count). The standard InChI is InChI=1S/C18H27NO4/c1-13-16(21-2)5-4-14(17(13)22-3)8-19-9-15-6-7-23-12-18(15,10-19)11-20/h4-5,15,20H,6-12H2,1-3H3/t15-,18+/m0/s1. The number of likely N-dealkylation sites (tertiary alicyclic amines) is 1. The zero-order valence-electron chi connectivity index (χ0n) is 14.3. The second-order valence-electron chi connectivity index (χ2n) is 6.81. The molecule has 0 radical (unpaired) electrons. The smallest absolute Gasteiger partial charge is 0.129 e. The Bertz CT molecular complexity index is 562. The lowest BCUT2D eigenvalue weighted by atomic mass is 9.76. The Morgan fingerprint density at radius 2 is 2.17 bits per heavy atom. The van der Waals surface area contributed by atoms with Crippen LogP contribution in [0.15, 0.2) is 12.1 Å². The third kappa shape index (κ3) is 2.93. The number of aliphatic hydroxyl groups excluding tert-OH is 1. The summed E-state index contributed by atoms with van der Waals surface area (Å²) in [4.78, 5) is 2.42. The normalized spacial score (nSPS) is 27.7. The fourth-order valence-corrected chi connectivity index (χ4v) is 4.15. The fourth-order valence-electron chi connectivity index (χ4n) is 4.15. The van der Waals surface area contributed by atoms with Crippen LogP contribution in [0.2, 0.25) is 0 Å². The van der Waals surface area contributed by atoms with Crippen molar-refractivity contribution in [3.05, 3.63) is 23.3 Å². The van der Waals surface area contributed by atoms with Crippen LogP contribution in [0.25, 0.3) is 0 Å². The summed E-state index contributed by atoms with van der Waals surface area (Å²) in [5.74, 6) is 2.26. The van der Waals surface area contributed by atoms with Crippen molar-refractivity contribution in [3.63, 3.8) is 0 Å². The molecule has 2 heterocycles. The van der Waals surface area contributed by atoms with Gasteiger partial charge in [-0.2, -0.15) is 0 Å². The van der Waals surface area contributed by atoms with Crippen molar-refractivity contribution in [2.24, 2.45) is 11.3 Å². The number of fused-ring (bicyclic) bond motifs is 1. The molecule has 2 saturated heterocycles. The molecular formula is C18H27NO4. The molecule has 0 bridgehead atoms. The van der Waals surface area contributed by atoms with Gasteiger partial charge in [0.15, 0.2) is 0 Å². The number of aliphatic hydroxyl groups is 1. The second kappa shape index (κ2) is 6.67. The van der Waals surface area contributed by atoms with Crippen LogP contribution in [-0.4, -0.2) is 57.1 Å². The van der Waals surface area contributed by atoms with E-state index in [1.165, 1.54) is 5.56 Å². The van der Waals surface area contributed by atoms with Crippen LogP contribution in [0, 0.1) is 18.3 Å². The molecule has 0 unspecified atom stereocenters. The Hall–Kier alpha value is -1.30. The summed E-state index contributed by atoms with van der Waals surface area (Å²) in [6.45, 7) is 6.42. The molecule has 128 valence electrons. The van der Waals surface area contributed by atoms with E-state index >= 15 is 0 Å². The summed E-state index contributed by atoms with van der Waals surface area (Å²) in [5, 5.41) is 9.90. The lowest BCUT2D eigenvalue weighted by Crippen LogP contribution is -2.42. The van der Waals surface area contributed by atoms with Gasteiger partial charge in [0.25, 0.3) is 0 Å². The summed E-state index contributed by atoms with van der Waals surface area (Å²) in [6.07, 6.45) is 1.04. The summed E-state index contributed by atoms with van der Waals surface area (Å²) < 4.78 is 16.6. The van der Waals surface area contributed by atoms with Crippen LogP contribution in [0.5, 0.6) is 11.5 Å². The minimum Gasteiger partial charge on any atom is -0.496 e. The molecule has 1 N–H and O–H groups in total. The Kier molecular flexibility index (Phi) is 4.80. The predicted octanol–water partition coefficient (Wildman–Crippen LogP) is 1.84. The second-order valence-corrected chi connectivity index (χ2v) is 6.81. The molecule has 5 heteroatoms. The number of ether oxygens (including phenoxy) is 3. The number of hydrogen-bond donors (Lipinski definition) is 1. The Morgan fingerprint density at radius 3 is 2.83 bits per heavy atom. The molecule has 2 aliphatic heterocycles. The quantitative estimate of drug-likeness (QED) is 0.897. The van der Waals surface area contributed by atoms with Gasteiger partial charge in [-0.05, 0) is 25.3 Å². The van der Waals surface area contributed by atoms with Crippen LogP contribution >= 0.6 is 0 Å². The number of benzene rings is 1. The van der Waals surface area contributed by atoms with Gasteiger partial charge in [0, 0.05) is 42.8 Å². The summed E-state index contributed by atoms with van der Waals surface area (Å²) in [6, 6.07) is 4.08. The van der Waals surface area contributed by atoms with Gasteiger partial charge in [-0.25, -0.2) is 0 Å². The van der Waals surface area contributed by atoms with Crippen LogP contribution in [0.1, 0.15) is 17.5 Å². The third-order valence-corrected chi connectivity index (χ3v) is 5.45. The first kappa shape index (κ1) is 16.6. The molecule has 5 nitrogen and oxygen atoms in total. The molecule has 1 aromatic rings. The van der Waals surface area contributed by atoms with Gasteiger partial charge in [-0.1, -0.05) is 6.07 Å². The lowest BCUT2D eigenvalue weighted by molar-refractivity contribution is -0.0561. The summed E-state index contributed by atoms with van der Waals surface area (Å²) in [5.41, 5.74) is 2.11. The average Bonchev–Trinajstić information content (AvgIpc) is 2.94. The molecule has 0 saturated carbocycles. The predicted molar refractivity (Wildman–Crippen MR) is 88.0 cm³/mol. The van der Waals surface area contributed by atoms with E-state index in [0.29, 0.717) is 12.5 Å². The number of hydrogen-bond acceptors (Lipinski definition) is 5. The van der Waals surface area contributed by atoms with Crippen molar-refractivity contribution in [3.8, 4) is 11.5 Å². The molecule has 0 spiro atoms. The van der Waals surface area contributed by atoms with Gasteiger partial charge >= 0.3 is 0 Å². The van der Waals surface area contributed by atoms with Crippen LogP contribution in [0.3, 0.4) is 0 Å². The van der Waals surface area contributed by atoms with Crippen LogP contribution < -0.4 is 9.47 Å². The van der Waals surface area contributed by atoms with E-state index in [4.69, 9.17) is 14.2 Å². The molecule has 0 amide bonds. The first-order valence-electron chi connectivity index (χ1n) is 8.25. The van der Waals surface area contributed by atoms with Crippen LogP contribution in [-0.2, 0) is 11.3 Å². The van der Waals surface area contributed by atoms with Gasteiger partial charge in [0.05, 0.1) is 27.4 Å². The van der Waals surface area contributed by atoms with E-state index in [1.54, 1.807) is 14.2 Å². The molecule has 2 atom stereocenters. The number of methoxy groups -OCH3 is 2. The largest absolute Gasteiger partial charge is 0.496 e. The topological polar surface area (TPSA) is 51.2 Å². The van der Waals surface area contributed by atoms with Crippen molar-refractivity contribution in [2.75, 3.05) is 47.1 Å². The maximum Gasteiger partial charge on any atom is 0.129 e.